The molecule has 0 N–H and O–H groups in total. The molecule has 1 nitrogen and oxygen atoms in total. The summed E-state index contributed by atoms with van der Waals surface area (Å²) < 4.78 is 0. The predicted molar refractivity (Wildman–Crippen MR) is 45.2 cm³/mol. The summed E-state index contributed by atoms with van der Waals surface area (Å²) in [7, 11) is 2.16. The minimum atomic E-state index is 0.0451. The van der Waals surface area contributed by atoms with Crippen LogP contribution in [0.4, 0.5) is 0 Å². The van der Waals surface area contributed by atoms with Crippen LogP contribution < -0.4 is 0 Å². The fourth-order valence-corrected chi connectivity index (χ4v) is 0.978. The molecule has 10 heavy (non-hydrogen) atoms. The van der Waals surface area contributed by atoms with Crippen molar-refractivity contribution in [3.05, 3.63) is 35.4 Å². The van der Waals surface area contributed by atoms with Gasteiger partial charge < -0.3 is 0 Å². The normalized spacial score (nSPS) is 9.40. The molecule has 2 heteroatoms. The summed E-state index contributed by atoms with van der Waals surface area (Å²) in [4.78, 5) is 10.8. The fraction of sp³-hybridized carbons (Fsp3) is 0.125. The Morgan fingerprint density at radius 1 is 1.50 bits per heavy atom. The maximum Gasteiger partial charge on any atom is 0.178 e. The van der Waals surface area contributed by atoms with Crippen LogP contribution in [-0.2, 0) is 0 Å². The summed E-state index contributed by atoms with van der Waals surface area (Å²) in [5, 5.41) is 0. The van der Waals surface area contributed by atoms with E-state index < -0.39 is 0 Å². The van der Waals surface area contributed by atoms with E-state index in [4.69, 9.17) is 0 Å². The number of aryl methyl sites for hydroxylation is 1. The SMILES string of the molecule is Cc1cccc(C(=O)P)c1. The van der Waals surface area contributed by atoms with Crippen molar-refractivity contribution in [3.8, 4) is 0 Å². The highest BCUT2D eigenvalue weighted by Crippen LogP contribution is 2.07. The first-order chi connectivity index (χ1) is 4.70. The van der Waals surface area contributed by atoms with Crippen molar-refractivity contribution < 1.29 is 4.79 Å². The van der Waals surface area contributed by atoms with Gasteiger partial charge in [0.05, 0.1) is 0 Å². The number of rotatable bonds is 1. The largest absolute Gasteiger partial charge is 0.290 e. The Morgan fingerprint density at radius 2 is 2.20 bits per heavy atom. The van der Waals surface area contributed by atoms with E-state index in [1.54, 1.807) is 0 Å². The van der Waals surface area contributed by atoms with E-state index in [9.17, 15) is 4.79 Å². The third-order valence-electron chi connectivity index (χ3n) is 1.30. The van der Waals surface area contributed by atoms with Crippen molar-refractivity contribution in [2.75, 3.05) is 0 Å². The van der Waals surface area contributed by atoms with Gasteiger partial charge in [-0.2, -0.15) is 0 Å². The van der Waals surface area contributed by atoms with Gasteiger partial charge >= 0.3 is 0 Å². The quantitative estimate of drug-likeness (QED) is 0.562. The van der Waals surface area contributed by atoms with Gasteiger partial charge in [0, 0.05) is 5.56 Å². The van der Waals surface area contributed by atoms with E-state index in [0.717, 1.165) is 11.1 Å². The first kappa shape index (κ1) is 7.43. The fourth-order valence-electron chi connectivity index (χ4n) is 0.798. The second-order valence-electron chi connectivity index (χ2n) is 2.23. The average Bonchev–Trinajstić information content (AvgIpc) is 1.88. The molecular formula is C8H9OP. The summed E-state index contributed by atoms with van der Waals surface area (Å²) >= 11 is 0. The lowest BCUT2D eigenvalue weighted by Crippen LogP contribution is -1.86. The Morgan fingerprint density at radius 3 is 2.60 bits per heavy atom. The number of hydrogen-bond acceptors (Lipinski definition) is 1. The van der Waals surface area contributed by atoms with Crippen LogP contribution in [0.2, 0.25) is 0 Å². The van der Waals surface area contributed by atoms with E-state index in [0.29, 0.717) is 0 Å². The van der Waals surface area contributed by atoms with Crippen molar-refractivity contribution in [2.45, 2.75) is 6.92 Å². The van der Waals surface area contributed by atoms with Crippen molar-refractivity contribution in [1.29, 1.82) is 0 Å². The third-order valence-corrected chi connectivity index (χ3v) is 1.64. The van der Waals surface area contributed by atoms with Crippen LogP contribution in [-0.4, -0.2) is 5.52 Å². The van der Waals surface area contributed by atoms with Crippen LogP contribution in [0.25, 0.3) is 0 Å². The molecule has 0 aromatic heterocycles. The van der Waals surface area contributed by atoms with Crippen molar-refractivity contribution >= 4 is 14.8 Å². The van der Waals surface area contributed by atoms with E-state index in [-0.39, 0.29) is 5.52 Å². The van der Waals surface area contributed by atoms with Gasteiger partial charge in [0.1, 0.15) is 0 Å². The van der Waals surface area contributed by atoms with Gasteiger partial charge in [0.15, 0.2) is 5.52 Å². The number of benzene rings is 1. The standard InChI is InChI=1S/C8H9OP/c1-6-3-2-4-7(5-6)8(9)10/h2-5H,10H2,1H3. The summed E-state index contributed by atoms with van der Waals surface area (Å²) in [5.41, 5.74) is 1.92. The highest BCUT2D eigenvalue weighted by Gasteiger charge is 1.96. The van der Waals surface area contributed by atoms with Gasteiger partial charge in [0.2, 0.25) is 0 Å². The topological polar surface area (TPSA) is 17.1 Å². The minimum absolute atomic E-state index is 0.0451. The van der Waals surface area contributed by atoms with Gasteiger partial charge in [-0.3, -0.25) is 4.79 Å². The lowest BCUT2D eigenvalue weighted by molar-refractivity contribution is 0.108. The van der Waals surface area contributed by atoms with E-state index in [1.807, 2.05) is 31.2 Å². The molecule has 0 spiro atoms. The number of carbonyl (C=O) groups is 1. The molecule has 1 rings (SSSR count). The van der Waals surface area contributed by atoms with Gasteiger partial charge in [-0.15, -0.1) is 0 Å². The van der Waals surface area contributed by atoms with Crippen LogP contribution in [0.1, 0.15) is 15.9 Å². The van der Waals surface area contributed by atoms with Crippen molar-refractivity contribution in [1.82, 2.24) is 0 Å². The van der Waals surface area contributed by atoms with E-state index in [2.05, 4.69) is 9.24 Å². The zero-order valence-corrected chi connectivity index (χ0v) is 6.95. The zero-order valence-electron chi connectivity index (χ0n) is 5.79. The molecule has 52 valence electrons. The molecule has 0 fully saturated rings. The molecular weight excluding hydrogens is 143 g/mol. The molecule has 0 saturated carbocycles. The highest BCUT2D eigenvalue weighted by atomic mass is 31.0. The zero-order chi connectivity index (χ0) is 7.56. The third kappa shape index (κ3) is 1.65. The Kier molecular flexibility index (Phi) is 2.18. The minimum Gasteiger partial charge on any atom is -0.290 e. The lowest BCUT2D eigenvalue weighted by Gasteiger charge is -1.94. The molecule has 0 saturated heterocycles. The van der Waals surface area contributed by atoms with Crippen LogP contribution in [0.15, 0.2) is 24.3 Å². The van der Waals surface area contributed by atoms with Crippen molar-refractivity contribution in [3.63, 3.8) is 0 Å². The second kappa shape index (κ2) is 2.94. The Balaban J connectivity index is 3.07. The van der Waals surface area contributed by atoms with Gasteiger partial charge in [-0.25, -0.2) is 0 Å². The average molecular weight is 152 g/mol. The summed E-state index contributed by atoms with van der Waals surface area (Å²) in [6.07, 6.45) is 0. The lowest BCUT2D eigenvalue weighted by atomic mass is 10.2. The summed E-state index contributed by atoms with van der Waals surface area (Å²) in [6.45, 7) is 1.97. The maximum atomic E-state index is 10.8. The molecule has 1 unspecified atom stereocenters. The van der Waals surface area contributed by atoms with Gasteiger partial charge in [0.25, 0.3) is 0 Å². The monoisotopic (exact) mass is 152 g/mol. The first-order valence-corrected chi connectivity index (χ1v) is 3.64. The summed E-state index contributed by atoms with van der Waals surface area (Å²) in [6, 6.07) is 7.53. The van der Waals surface area contributed by atoms with E-state index >= 15 is 0 Å². The molecule has 1 aromatic carbocycles. The Bertz CT molecular complexity index is 255. The van der Waals surface area contributed by atoms with Crippen LogP contribution in [0.5, 0.6) is 0 Å². The molecule has 0 aliphatic heterocycles. The maximum absolute atomic E-state index is 10.8. The first-order valence-electron chi connectivity index (χ1n) is 3.06. The Labute approximate surface area is 62.7 Å². The smallest absolute Gasteiger partial charge is 0.178 e. The molecule has 1 aromatic rings. The van der Waals surface area contributed by atoms with Crippen LogP contribution >= 0.6 is 9.24 Å². The molecule has 0 bridgehead atoms. The molecule has 0 radical (unpaired) electrons. The van der Waals surface area contributed by atoms with Crippen molar-refractivity contribution in [2.24, 2.45) is 0 Å². The van der Waals surface area contributed by atoms with E-state index in [1.165, 1.54) is 0 Å². The Hall–Kier alpha value is -0.680. The molecule has 0 heterocycles. The number of carbonyl (C=O) groups excluding carboxylic acids is 1. The van der Waals surface area contributed by atoms with Gasteiger partial charge in [-0.05, 0) is 13.0 Å². The van der Waals surface area contributed by atoms with Crippen LogP contribution in [0, 0.1) is 6.92 Å². The predicted octanol–water partition coefficient (Wildman–Crippen LogP) is 2.01. The summed E-state index contributed by atoms with van der Waals surface area (Å²) in [5.74, 6) is 0. The second-order valence-corrected chi connectivity index (χ2v) is 2.76. The molecule has 0 aliphatic carbocycles. The molecule has 0 aliphatic rings. The molecule has 1 atom stereocenters. The van der Waals surface area contributed by atoms with Gasteiger partial charge in [-0.1, -0.05) is 33.0 Å². The highest BCUT2D eigenvalue weighted by molar-refractivity contribution is 7.41. The number of hydrogen-bond donors (Lipinski definition) is 0. The van der Waals surface area contributed by atoms with Crippen LogP contribution in [0.3, 0.4) is 0 Å². The molecule has 0 amide bonds.